The number of ether oxygens (including phenoxy) is 2. The zero-order valence-corrected chi connectivity index (χ0v) is 16.1. The highest BCUT2D eigenvalue weighted by Crippen LogP contribution is 2.38. The van der Waals surface area contributed by atoms with Gasteiger partial charge in [-0.2, -0.15) is 0 Å². The summed E-state index contributed by atoms with van der Waals surface area (Å²) in [7, 11) is 2.99. The summed E-state index contributed by atoms with van der Waals surface area (Å²) in [5, 5.41) is -0.0369. The molecule has 27 heavy (non-hydrogen) atoms. The van der Waals surface area contributed by atoms with E-state index in [0.717, 1.165) is 16.7 Å². The maximum Gasteiger partial charge on any atom is 0.293 e. The smallest absolute Gasteiger partial charge is 0.293 e. The third-order valence-electron chi connectivity index (χ3n) is 3.92. The number of rotatable bonds is 5. The Morgan fingerprint density at radius 3 is 2.37 bits per heavy atom. The Hall–Kier alpha value is -2.51. The molecule has 0 radical (unpaired) electrons. The number of carbonyl (C=O) groups is 2. The predicted octanol–water partition coefficient (Wildman–Crippen LogP) is 4.73. The number of methoxy groups -OCH3 is 2. The lowest BCUT2D eigenvalue weighted by Crippen LogP contribution is -2.27. The molecule has 2 amide bonds. The Morgan fingerprint density at radius 2 is 1.74 bits per heavy atom. The molecule has 1 aliphatic rings. The maximum atomic E-state index is 13.0. The normalized spacial score (nSPS) is 15.6. The van der Waals surface area contributed by atoms with Crippen LogP contribution in [0.2, 0.25) is 5.02 Å². The monoisotopic (exact) mass is 407 g/mol. The molecule has 0 aromatic heterocycles. The number of nitrogens with zero attached hydrogens (tertiary/aromatic N) is 1. The zero-order chi connectivity index (χ0) is 19.6. The average molecular weight is 408 g/mol. The first kappa shape index (κ1) is 19.3. The molecule has 3 rings (SSSR count). The third-order valence-corrected chi connectivity index (χ3v) is 5.15. The third kappa shape index (κ3) is 4.09. The summed E-state index contributed by atoms with van der Waals surface area (Å²) in [5.41, 5.74) is 1.19. The minimum absolute atomic E-state index is 0.0714. The van der Waals surface area contributed by atoms with Gasteiger partial charge in [0, 0.05) is 6.07 Å². The molecule has 0 aliphatic carbocycles. The number of halogens is 2. The van der Waals surface area contributed by atoms with Crippen LogP contribution in [0.3, 0.4) is 0 Å². The van der Waals surface area contributed by atoms with Gasteiger partial charge in [-0.25, -0.2) is 4.39 Å². The van der Waals surface area contributed by atoms with E-state index in [1.807, 2.05) is 0 Å². The first-order valence-electron chi connectivity index (χ1n) is 7.84. The van der Waals surface area contributed by atoms with E-state index < -0.39 is 11.1 Å². The van der Waals surface area contributed by atoms with Crippen molar-refractivity contribution in [2.45, 2.75) is 6.54 Å². The van der Waals surface area contributed by atoms with Crippen LogP contribution in [0.4, 0.5) is 9.18 Å². The number of imide groups is 1. The van der Waals surface area contributed by atoms with Gasteiger partial charge in [-0.05, 0) is 47.2 Å². The molecule has 8 heteroatoms. The van der Waals surface area contributed by atoms with Crippen LogP contribution in [0.5, 0.6) is 11.5 Å². The summed E-state index contributed by atoms with van der Waals surface area (Å²) in [6, 6.07) is 8.85. The van der Waals surface area contributed by atoms with Crippen LogP contribution in [-0.4, -0.2) is 30.3 Å². The van der Waals surface area contributed by atoms with Crippen molar-refractivity contribution in [1.82, 2.24) is 4.90 Å². The van der Waals surface area contributed by atoms with Crippen molar-refractivity contribution in [1.29, 1.82) is 0 Å². The number of thioether (sulfide) groups is 1. The second-order valence-corrected chi connectivity index (χ2v) is 7.02. The van der Waals surface area contributed by atoms with Gasteiger partial charge in [0.15, 0.2) is 11.5 Å². The zero-order valence-electron chi connectivity index (χ0n) is 14.5. The molecule has 0 N–H and O–H groups in total. The molecule has 0 bridgehead atoms. The molecule has 140 valence electrons. The molecule has 1 heterocycles. The molecule has 1 saturated heterocycles. The minimum Gasteiger partial charge on any atom is -0.493 e. The molecule has 0 saturated carbocycles. The Bertz CT molecular complexity index is 930. The van der Waals surface area contributed by atoms with Crippen LogP contribution >= 0.6 is 23.4 Å². The largest absolute Gasteiger partial charge is 0.493 e. The summed E-state index contributed by atoms with van der Waals surface area (Å²) in [6.07, 6.45) is 1.54. The maximum absolute atomic E-state index is 13.0. The van der Waals surface area contributed by atoms with Gasteiger partial charge in [-0.1, -0.05) is 23.7 Å². The Labute approximate surface area is 164 Å². The van der Waals surface area contributed by atoms with Crippen molar-refractivity contribution >= 4 is 40.6 Å². The van der Waals surface area contributed by atoms with Crippen LogP contribution in [0, 0.1) is 5.82 Å². The number of carbonyl (C=O) groups excluding carboxylic acids is 2. The fraction of sp³-hybridized carbons (Fsp3) is 0.158. The van der Waals surface area contributed by atoms with Gasteiger partial charge in [0.1, 0.15) is 5.82 Å². The molecule has 0 unspecified atom stereocenters. The van der Waals surface area contributed by atoms with Crippen LogP contribution < -0.4 is 9.47 Å². The average Bonchev–Trinajstić information content (AvgIpc) is 2.92. The van der Waals surface area contributed by atoms with Gasteiger partial charge in [-0.15, -0.1) is 0 Å². The van der Waals surface area contributed by atoms with E-state index in [-0.39, 0.29) is 17.3 Å². The summed E-state index contributed by atoms with van der Waals surface area (Å²) in [4.78, 5) is 26.2. The van der Waals surface area contributed by atoms with E-state index in [0.29, 0.717) is 27.6 Å². The fourth-order valence-electron chi connectivity index (χ4n) is 2.53. The van der Waals surface area contributed by atoms with Gasteiger partial charge in [0.05, 0.1) is 30.7 Å². The van der Waals surface area contributed by atoms with Crippen LogP contribution in [-0.2, 0) is 11.3 Å². The van der Waals surface area contributed by atoms with Crippen molar-refractivity contribution < 1.29 is 23.5 Å². The first-order valence-corrected chi connectivity index (χ1v) is 9.03. The highest BCUT2D eigenvalue weighted by molar-refractivity contribution is 8.18. The van der Waals surface area contributed by atoms with Crippen molar-refractivity contribution in [2.75, 3.05) is 14.2 Å². The van der Waals surface area contributed by atoms with Crippen molar-refractivity contribution in [3.8, 4) is 11.5 Å². The van der Waals surface area contributed by atoms with E-state index >= 15 is 0 Å². The quantitative estimate of drug-likeness (QED) is 0.670. The Balaban J connectivity index is 1.87. The van der Waals surface area contributed by atoms with E-state index in [4.69, 9.17) is 21.1 Å². The summed E-state index contributed by atoms with van der Waals surface area (Å²) >= 11 is 7.07. The number of amides is 2. The number of hydrogen-bond donors (Lipinski definition) is 0. The van der Waals surface area contributed by atoms with Crippen LogP contribution in [0.25, 0.3) is 6.08 Å². The standard InChI is InChI=1S/C19H15ClFNO4S/c1-25-15-7-12(14(20)9-16(15)26-2)8-17-18(23)22(19(24)27-17)10-11-3-5-13(21)6-4-11/h3-9H,10H2,1-2H3/b17-8-. The van der Waals surface area contributed by atoms with Crippen LogP contribution in [0.1, 0.15) is 11.1 Å². The molecule has 2 aromatic carbocycles. The molecule has 1 aliphatic heterocycles. The number of benzene rings is 2. The van der Waals surface area contributed by atoms with E-state index in [1.54, 1.807) is 18.2 Å². The highest BCUT2D eigenvalue weighted by atomic mass is 35.5. The lowest BCUT2D eigenvalue weighted by molar-refractivity contribution is -0.123. The summed E-state index contributed by atoms with van der Waals surface area (Å²) in [5.74, 6) is 0.110. The molecule has 0 spiro atoms. The van der Waals surface area contributed by atoms with Crippen molar-refractivity contribution in [3.05, 3.63) is 63.3 Å². The van der Waals surface area contributed by atoms with Gasteiger partial charge < -0.3 is 9.47 Å². The molecule has 2 aromatic rings. The van der Waals surface area contributed by atoms with E-state index in [1.165, 1.54) is 38.5 Å². The van der Waals surface area contributed by atoms with Crippen molar-refractivity contribution in [2.24, 2.45) is 0 Å². The summed E-state index contributed by atoms with van der Waals surface area (Å²) < 4.78 is 23.4. The highest BCUT2D eigenvalue weighted by Gasteiger charge is 2.35. The second kappa shape index (κ2) is 8.02. The Kier molecular flexibility index (Phi) is 5.72. The van der Waals surface area contributed by atoms with Crippen molar-refractivity contribution in [3.63, 3.8) is 0 Å². The molecule has 1 fully saturated rings. The van der Waals surface area contributed by atoms with Gasteiger partial charge in [-0.3, -0.25) is 14.5 Å². The lowest BCUT2D eigenvalue weighted by Gasteiger charge is -2.12. The van der Waals surface area contributed by atoms with Crippen LogP contribution in [0.15, 0.2) is 41.3 Å². The van der Waals surface area contributed by atoms with Gasteiger partial charge in [0.25, 0.3) is 11.1 Å². The lowest BCUT2D eigenvalue weighted by atomic mass is 10.1. The Morgan fingerprint density at radius 1 is 1.11 bits per heavy atom. The molecule has 0 atom stereocenters. The fourth-order valence-corrected chi connectivity index (χ4v) is 3.57. The number of hydrogen-bond acceptors (Lipinski definition) is 5. The van der Waals surface area contributed by atoms with Gasteiger partial charge in [0.2, 0.25) is 0 Å². The predicted molar refractivity (Wildman–Crippen MR) is 102 cm³/mol. The molecular weight excluding hydrogens is 393 g/mol. The molecule has 5 nitrogen and oxygen atoms in total. The minimum atomic E-state index is -0.430. The first-order chi connectivity index (χ1) is 12.9. The topological polar surface area (TPSA) is 55.8 Å². The second-order valence-electron chi connectivity index (χ2n) is 5.62. The van der Waals surface area contributed by atoms with E-state index in [9.17, 15) is 14.0 Å². The molecular formula is C19H15ClFNO4S. The van der Waals surface area contributed by atoms with Gasteiger partial charge >= 0.3 is 0 Å². The van der Waals surface area contributed by atoms with E-state index in [2.05, 4.69) is 0 Å². The SMILES string of the molecule is COc1cc(Cl)c(/C=C2\SC(=O)N(Cc3ccc(F)cc3)C2=O)cc1OC. The summed E-state index contributed by atoms with van der Waals surface area (Å²) in [6.45, 7) is 0.0714.